The first kappa shape index (κ1) is 15.2. The van der Waals surface area contributed by atoms with Crippen LogP contribution in [0.1, 0.15) is 16.0 Å². The van der Waals surface area contributed by atoms with Gasteiger partial charge in [-0.15, -0.1) is 0 Å². The molecule has 0 aliphatic carbocycles. The molecule has 3 aromatic carbocycles. The largest absolute Gasteiger partial charge is 0.206 e. The van der Waals surface area contributed by atoms with Crippen LogP contribution in [0.4, 0.5) is 4.39 Å². The molecular formula is C17H10Br3F. The Morgan fingerprint density at radius 1 is 0.810 bits per heavy atom. The zero-order valence-corrected chi connectivity index (χ0v) is 15.5. The maximum Gasteiger partial charge on any atom is 0.131 e. The molecule has 3 rings (SSSR count). The Morgan fingerprint density at radius 3 is 2.19 bits per heavy atom. The molecule has 0 amide bonds. The van der Waals surface area contributed by atoms with Crippen LogP contribution in [0.5, 0.6) is 0 Å². The van der Waals surface area contributed by atoms with Gasteiger partial charge in [-0.25, -0.2) is 4.39 Å². The summed E-state index contributed by atoms with van der Waals surface area (Å²) in [5.41, 5.74) is 2.16. The third-order valence-electron chi connectivity index (χ3n) is 3.41. The molecule has 21 heavy (non-hydrogen) atoms. The Morgan fingerprint density at radius 2 is 1.48 bits per heavy atom. The minimum Gasteiger partial charge on any atom is -0.206 e. The topological polar surface area (TPSA) is 0 Å². The molecule has 4 heteroatoms. The molecule has 0 aromatic heterocycles. The van der Waals surface area contributed by atoms with E-state index in [-0.39, 0.29) is 10.6 Å². The second-order valence-electron chi connectivity index (χ2n) is 4.71. The summed E-state index contributed by atoms with van der Waals surface area (Å²) in [6.45, 7) is 0. The van der Waals surface area contributed by atoms with Crippen LogP contribution in [0, 0.1) is 5.82 Å². The molecular weight excluding hydrogens is 463 g/mol. The molecule has 0 heterocycles. The Labute approximate surface area is 147 Å². The maximum absolute atomic E-state index is 13.9. The fourth-order valence-corrected chi connectivity index (χ4v) is 4.76. The van der Waals surface area contributed by atoms with Gasteiger partial charge in [0, 0.05) is 14.3 Å². The van der Waals surface area contributed by atoms with Gasteiger partial charge in [-0.3, -0.25) is 0 Å². The van der Waals surface area contributed by atoms with Crippen molar-refractivity contribution in [3.63, 3.8) is 0 Å². The molecule has 1 unspecified atom stereocenters. The Kier molecular flexibility index (Phi) is 4.48. The van der Waals surface area contributed by atoms with Crippen molar-refractivity contribution in [2.45, 2.75) is 4.83 Å². The summed E-state index contributed by atoms with van der Waals surface area (Å²) in [6, 6.07) is 17.0. The van der Waals surface area contributed by atoms with Crippen molar-refractivity contribution in [1.82, 2.24) is 0 Å². The van der Waals surface area contributed by atoms with Crippen LogP contribution in [0.15, 0.2) is 63.5 Å². The van der Waals surface area contributed by atoms with Gasteiger partial charge >= 0.3 is 0 Å². The van der Waals surface area contributed by atoms with E-state index in [0.29, 0.717) is 5.39 Å². The fraction of sp³-hybridized carbons (Fsp3) is 0.0588. The quantitative estimate of drug-likeness (QED) is 0.353. The molecule has 0 fully saturated rings. The zero-order chi connectivity index (χ0) is 15.0. The van der Waals surface area contributed by atoms with Crippen LogP contribution in [0.25, 0.3) is 10.8 Å². The van der Waals surface area contributed by atoms with Gasteiger partial charge in [0.05, 0.1) is 4.83 Å². The number of rotatable bonds is 2. The summed E-state index contributed by atoms with van der Waals surface area (Å²) in [5, 5.41) is 1.57. The molecule has 0 radical (unpaired) electrons. The number of fused-ring (bicyclic) bond motifs is 1. The molecule has 0 saturated carbocycles. The van der Waals surface area contributed by atoms with Gasteiger partial charge in [-0.1, -0.05) is 84.2 Å². The Balaban J connectivity index is 2.18. The van der Waals surface area contributed by atoms with E-state index in [0.717, 1.165) is 25.5 Å². The smallest absolute Gasteiger partial charge is 0.131 e. The van der Waals surface area contributed by atoms with Crippen molar-refractivity contribution in [2.24, 2.45) is 0 Å². The predicted molar refractivity (Wildman–Crippen MR) is 96.5 cm³/mol. The highest BCUT2D eigenvalue weighted by Crippen LogP contribution is 2.39. The molecule has 0 aliphatic heterocycles. The Hall–Kier alpha value is -0.710. The molecule has 1 atom stereocenters. The van der Waals surface area contributed by atoms with Crippen LogP contribution in [0.3, 0.4) is 0 Å². The number of halogens is 4. The van der Waals surface area contributed by atoms with E-state index in [2.05, 4.69) is 47.8 Å². The van der Waals surface area contributed by atoms with E-state index in [9.17, 15) is 4.39 Å². The summed E-state index contributed by atoms with van der Waals surface area (Å²) in [6.07, 6.45) is 0. The van der Waals surface area contributed by atoms with Gasteiger partial charge in [-0.05, 0) is 34.7 Å². The first-order valence-corrected chi connectivity index (χ1v) is 8.84. The maximum atomic E-state index is 13.9. The molecule has 0 aliphatic rings. The number of benzene rings is 3. The summed E-state index contributed by atoms with van der Waals surface area (Å²) < 4.78 is 16.0. The van der Waals surface area contributed by atoms with Crippen molar-refractivity contribution in [1.29, 1.82) is 0 Å². The molecule has 0 bridgehead atoms. The SMILES string of the molecule is Fc1ccc(C(Br)c2ccc(Br)cc2Br)c2ccccc12. The molecule has 0 N–H and O–H groups in total. The molecule has 0 saturated heterocycles. The van der Waals surface area contributed by atoms with E-state index in [1.807, 2.05) is 48.5 Å². The number of alkyl halides is 1. The number of hydrogen-bond acceptors (Lipinski definition) is 0. The average molecular weight is 473 g/mol. The summed E-state index contributed by atoms with van der Waals surface area (Å²) >= 11 is 10.8. The van der Waals surface area contributed by atoms with Gasteiger partial charge in [0.25, 0.3) is 0 Å². The standard InChI is InChI=1S/C17H10Br3F/c18-10-5-6-14(15(19)9-10)17(20)13-7-8-16(21)12-4-2-1-3-11(12)13/h1-9,17H. The lowest BCUT2D eigenvalue weighted by molar-refractivity contribution is 0.639. The highest BCUT2D eigenvalue weighted by molar-refractivity contribution is 9.11. The van der Waals surface area contributed by atoms with E-state index in [1.165, 1.54) is 6.07 Å². The van der Waals surface area contributed by atoms with Crippen molar-refractivity contribution < 1.29 is 4.39 Å². The Bertz CT molecular complexity index is 814. The second kappa shape index (κ2) is 6.19. The fourth-order valence-electron chi connectivity index (χ4n) is 2.38. The first-order chi connectivity index (χ1) is 10.1. The normalized spacial score (nSPS) is 12.6. The molecule has 3 aromatic rings. The van der Waals surface area contributed by atoms with Crippen molar-refractivity contribution in [3.8, 4) is 0 Å². The monoisotopic (exact) mass is 470 g/mol. The van der Waals surface area contributed by atoms with Gasteiger partial charge in [0.2, 0.25) is 0 Å². The lowest BCUT2D eigenvalue weighted by Crippen LogP contribution is -1.96. The predicted octanol–water partition coefficient (Wildman–Crippen LogP) is 6.99. The lowest BCUT2D eigenvalue weighted by atomic mass is 9.98. The highest BCUT2D eigenvalue weighted by atomic mass is 79.9. The van der Waals surface area contributed by atoms with Crippen molar-refractivity contribution in [2.75, 3.05) is 0 Å². The van der Waals surface area contributed by atoms with E-state index in [1.54, 1.807) is 0 Å². The van der Waals surface area contributed by atoms with Crippen LogP contribution < -0.4 is 0 Å². The second-order valence-corrected chi connectivity index (χ2v) is 7.40. The van der Waals surface area contributed by atoms with Crippen molar-refractivity contribution >= 4 is 58.6 Å². The van der Waals surface area contributed by atoms with E-state index in [4.69, 9.17) is 0 Å². The zero-order valence-electron chi connectivity index (χ0n) is 10.8. The van der Waals surface area contributed by atoms with Gasteiger partial charge in [-0.2, -0.15) is 0 Å². The minimum absolute atomic E-state index is 0.00882. The van der Waals surface area contributed by atoms with Crippen LogP contribution in [-0.2, 0) is 0 Å². The van der Waals surface area contributed by atoms with E-state index < -0.39 is 0 Å². The molecule has 0 nitrogen and oxygen atoms in total. The lowest BCUT2D eigenvalue weighted by Gasteiger charge is -2.16. The van der Waals surface area contributed by atoms with E-state index >= 15 is 0 Å². The van der Waals surface area contributed by atoms with Crippen LogP contribution in [0.2, 0.25) is 0 Å². The van der Waals surface area contributed by atoms with Crippen molar-refractivity contribution in [3.05, 3.63) is 80.5 Å². The van der Waals surface area contributed by atoms with Gasteiger partial charge in [0.15, 0.2) is 0 Å². The summed E-state index contributed by atoms with van der Waals surface area (Å²) in [5.74, 6) is -0.191. The molecule has 106 valence electrons. The molecule has 0 spiro atoms. The first-order valence-electron chi connectivity index (χ1n) is 6.34. The van der Waals surface area contributed by atoms with Gasteiger partial charge < -0.3 is 0 Å². The average Bonchev–Trinajstić information content (AvgIpc) is 2.47. The summed E-state index contributed by atoms with van der Waals surface area (Å²) in [4.78, 5) is -0.00882. The minimum atomic E-state index is -0.191. The summed E-state index contributed by atoms with van der Waals surface area (Å²) in [7, 11) is 0. The highest BCUT2D eigenvalue weighted by Gasteiger charge is 2.17. The van der Waals surface area contributed by atoms with Crippen LogP contribution in [-0.4, -0.2) is 0 Å². The number of hydrogen-bond donors (Lipinski definition) is 0. The van der Waals surface area contributed by atoms with Crippen LogP contribution >= 0.6 is 47.8 Å². The van der Waals surface area contributed by atoms with Gasteiger partial charge in [0.1, 0.15) is 5.82 Å². The third-order valence-corrected chi connectivity index (χ3v) is 5.58. The third kappa shape index (κ3) is 2.94.